The molecule has 0 aromatic heterocycles. The molecule has 5 nitrogen and oxygen atoms in total. The summed E-state index contributed by atoms with van der Waals surface area (Å²) in [5.74, 6) is 0.00113. The molecule has 92 valence electrons. The predicted molar refractivity (Wildman–Crippen MR) is 59.1 cm³/mol. The molecule has 0 aliphatic carbocycles. The molecule has 0 spiro atoms. The molecule has 0 aromatic rings. The standard InChI is InChI=1S/C9H21NO4S/c1-4-14-5-6-15(12,13)10-9(7-11)8(2)3/h8-11H,4-7H2,1-3H3. The maximum Gasteiger partial charge on any atom is 0.214 e. The summed E-state index contributed by atoms with van der Waals surface area (Å²) in [6.07, 6.45) is 0. The van der Waals surface area contributed by atoms with E-state index in [1.165, 1.54) is 0 Å². The van der Waals surface area contributed by atoms with Crippen molar-refractivity contribution in [3.05, 3.63) is 0 Å². The molecule has 0 rings (SSSR count). The monoisotopic (exact) mass is 239 g/mol. The van der Waals surface area contributed by atoms with Crippen LogP contribution in [0.25, 0.3) is 0 Å². The van der Waals surface area contributed by atoms with Gasteiger partial charge in [0.25, 0.3) is 0 Å². The summed E-state index contributed by atoms with van der Waals surface area (Å²) >= 11 is 0. The molecule has 0 aromatic carbocycles. The van der Waals surface area contributed by atoms with Gasteiger partial charge in [0.05, 0.1) is 19.0 Å². The molecule has 0 saturated heterocycles. The van der Waals surface area contributed by atoms with Crippen LogP contribution in [0.3, 0.4) is 0 Å². The Bertz CT molecular complexity index is 251. The average Bonchev–Trinajstić information content (AvgIpc) is 2.14. The Morgan fingerprint density at radius 2 is 2.00 bits per heavy atom. The Balaban J connectivity index is 4.11. The zero-order valence-electron chi connectivity index (χ0n) is 9.56. The SMILES string of the molecule is CCOCCS(=O)(=O)NC(CO)C(C)C. The van der Waals surface area contributed by atoms with Gasteiger partial charge < -0.3 is 9.84 Å². The largest absolute Gasteiger partial charge is 0.395 e. The van der Waals surface area contributed by atoms with Crippen molar-refractivity contribution in [1.29, 1.82) is 0 Å². The van der Waals surface area contributed by atoms with E-state index in [0.717, 1.165) is 0 Å². The van der Waals surface area contributed by atoms with Gasteiger partial charge in [-0.2, -0.15) is 0 Å². The van der Waals surface area contributed by atoms with Crippen molar-refractivity contribution in [3.63, 3.8) is 0 Å². The van der Waals surface area contributed by atoms with Crippen LogP contribution in [0.4, 0.5) is 0 Å². The molecule has 1 atom stereocenters. The van der Waals surface area contributed by atoms with E-state index in [1.54, 1.807) is 0 Å². The highest BCUT2D eigenvalue weighted by molar-refractivity contribution is 7.89. The fraction of sp³-hybridized carbons (Fsp3) is 1.00. The van der Waals surface area contributed by atoms with Gasteiger partial charge in [-0.3, -0.25) is 0 Å². The highest BCUT2D eigenvalue weighted by atomic mass is 32.2. The number of hydrogen-bond acceptors (Lipinski definition) is 4. The fourth-order valence-electron chi connectivity index (χ4n) is 0.987. The minimum Gasteiger partial charge on any atom is -0.395 e. The lowest BCUT2D eigenvalue weighted by atomic mass is 10.1. The topological polar surface area (TPSA) is 75.6 Å². The number of nitrogens with one attached hydrogen (secondary N) is 1. The van der Waals surface area contributed by atoms with E-state index in [1.807, 2.05) is 20.8 Å². The average molecular weight is 239 g/mol. The highest BCUT2D eigenvalue weighted by Gasteiger charge is 2.19. The van der Waals surface area contributed by atoms with Gasteiger partial charge in [-0.25, -0.2) is 13.1 Å². The second-order valence-electron chi connectivity index (χ2n) is 3.67. The highest BCUT2D eigenvalue weighted by Crippen LogP contribution is 2.02. The zero-order valence-corrected chi connectivity index (χ0v) is 10.4. The van der Waals surface area contributed by atoms with Crippen molar-refractivity contribution in [3.8, 4) is 0 Å². The molecular weight excluding hydrogens is 218 g/mol. The molecule has 0 saturated carbocycles. The Labute approximate surface area is 91.9 Å². The van der Waals surface area contributed by atoms with Crippen LogP contribution in [0.5, 0.6) is 0 Å². The maximum atomic E-state index is 11.5. The first-order chi connectivity index (χ1) is 6.93. The van der Waals surface area contributed by atoms with Gasteiger partial charge in [0.1, 0.15) is 0 Å². The van der Waals surface area contributed by atoms with E-state index >= 15 is 0 Å². The van der Waals surface area contributed by atoms with Crippen molar-refractivity contribution in [2.45, 2.75) is 26.8 Å². The van der Waals surface area contributed by atoms with Gasteiger partial charge in [0.2, 0.25) is 10.0 Å². The lowest BCUT2D eigenvalue weighted by molar-refractivity contribution is 0.163. The molecule has 15 heavy (non-hydrogen) atoms. The van der Waals surface area contributed by atoms with Crippen LogP contribution in [0.1, 0.15) is 20.8 Å². The van der Waals surface area contributed by atoms with E-state index in [4.69, 9.17) is 9.84 Å². The quantitative estimate of drug-likeness (QED) is 0.583. The summed E-state index contributed by atoms with van der Waals surface area (Å²) in [5, 5.41) is 8.97. The first-order valence-electron chi connectivity index (χ1n) is 5.11. The number of sulfonamides is 1. The minimum absolute atomic E-state index is 0.0654. The second-order valence-corrected chi connectivity index (χ2v) is 5.54. The van der Waals surface area contributed by atoms with Gasteiger partial charge in [-0.05, 0) is 12.8 Å². The van der Waals surface area contributed by atoms with Crippen molar-refractivity contribution in [2.24, 2.45) is 5.92 Å². The van der Waals surface area contributed by atoms with E-state index in [0.29, 0.717) is 6.61 Å². The van der Waals surface area contributed by atoms with Crippen LogP contribution in [0.15, 0.2) is 0 Å². The second kappa shape index (κ2) is 7.16. The number of ether oxygens (including phenoxy) is 1. The molecule has 0 heterocycles. The minimum atomic E-state index is -3.35. The van der Waals surface area contributed by atoms with E-state index in [2.05, 4.69) is 4.72 Å². The number of rotatable bonds is 8. The molecule has 2 N–H and O–H groups in total. The van der Waals surface area contributed by atoms with E-state index < -0.39 is 16.1 Å². The van der Waals surface area contributed by atoms with Gasteiger partial charge in [0.15, 0.2) is 0 Å². The first kappa shape index (κ1) is 14.8. The van der Waals surface area contributed by atoms with Crippen LogP contribution in [-0.2, 0) is 14.8 Å². The Hall–Kier alpha value is -0.170. The van der Waals surface area contributed by atoms with Gasteiger partial charge >= 0.3 is 0 Å². The zero-order chi connectivity index (χ0) is 11.9. The number of hydrogen-bond donors (Lipinski definition) is 2. The molecule has 0 aliphatic heterocycles. The third-order valence-electron chi connectivity index (χ3n) is 2.03. The van der Waals surface area contributed by atoms with Crippen LogP contribution >= 0.6 is 0 Å². The Kier molecular flexibility index (Phi) is 7.08. The smallest absolute Gasteiger partial charge is 0.214 e. The van der Waals surface area contributed by atoms with Crippen LogP contribution in [-0.4, -0.2) is 45.1 Å². The first-order valence-corrected chi connectivity index (χ1v) is 6.76. The summed E-state index contributed by atoms with van der Waals surface area (Å²) in [6, 6.07) is -0.420. The molecule has 0 radical (unpaired) electrons. The van der Waals surface area contributed by atoms with Crippen LogP contribution in [0.2, 0.25) is 0 Å². The van der Waals surface area contributed by atoms with Crippen molar-refractivity contribution >= 4 is 10.0 Å². The lowest BCUT2D eigenvalue weighted by Gasteiger charge is -2.19. The fourth-order valence-corrected chi connectivity index (χ4v) is 2.25. The molecular formula is C9H21NO4S. The summed E-state index contributed by atoms with van der Waals surface area (Å²) in [4.78, 5) is 0. The predicted octanol–water partition coefficient (Wildman–Crippen LogP) is -0.0408. The molecule has 1 unspecified atom stereocenters. The molecule has 0 amide bonds. The van der Waals surface area contributed by atoms with E-state index in [-0.39, 0.29) is 24.9 Å². The van der Waals surface area contributed by atoms with Crippen LogP contribution < -0.4 is 4.72 Å². The third kappa shape index (κ3) is 6.83. The Morgan fingerprint density at radius 3 is 2.40 bits per heavy atom. The lowest BCUT2D eigenvalue weighted by Crippen LogP contribution is -2.42. The van der Waals surface area contributed by atoms with Crippen molar-refractivity contribution in [1.82, 2.24) is 4.72 Å². The summed E-state index contributed by atoms with van der Waals surface area (Å²) in [6.45, 7) is 6.01. The summed E-state index contributed by atoms with van der Waals surface area (Å²) in [5.41, 5.74) is 0. The third-order valence-corrected chi connectivity index (χ3v) is 3.40. The Morgan fingerprint density at radius 1 is 1.40 bits per heavy atom. The number of aliphatic hydroxyl groups excluding tert-OH is 1. The van der Waals surface area contributed by atoms with Crippen LogP contribution in [0, 0.1) is 5.92 Å². The van der Waals surface area contributed by atoms with Crippen molar-refractivity contribution < 1.29 is 18.3 Å². The molecule has 0 bridgehead atoms. The molecule has 6 heteroatoms. The molecule has 0 fully saturated rings. The van der Waals surface area contributed by atoms with Crippen molar-refractivity contribution in [2.75, 3.05) is 25.6 Å². The maximum absolute atomic E-state index is 11.5. The van der Waals surface area contributed by atoms with Gasteiger partial charge in [-0.1, -0.05) is 13.8 Å². The summed E-state index contributed by atoms with van der Waals surface area (Å²) < 4.78 is 30.4. The number of aliphatic hydroxyl groups is 1. The summed E-state index contributed by atoms with van der Waals surface area (Å²) in [7, 11) is -3.35. The van der Waals surface area contributed by atoms with Gasteiger partial charge in [0, 0.05) is 12.6 Å². The van der Waals surface area contributed by atoms with Gasteiger partial charge in [-0.15, -0.1) is 0 Å². The molecule has 0 aliphatic rings. The normalized spacial score (nSPS) is 14.5. The van der Waals surface area contributed by atoms with E-state index in [9.17, 15) is 8.42 Å².